The van der Waals surface area contributed by atoms with Crippen LogP contribution in [0.5, 0.6) is 0 Å². The molecule has 7 nitrogen and oxygen atoms in total. The van der Waals surface area contributed by atoms with E-state index in [9.17, 15) is 13.2 Å². The number of carbonyl (C=O) groups is 1. The molecule has 0 aliphatic carbocycles. The summed E-state index contributed by atoms with van der Waals surface area (Å²) in [6, 6.07) is 7.57. The van der Waals surface area contributed by atoms with Gasteiger partial charge in [0.05, 0.1) is 11.1 Å². The lowest BCUT2D eigenvalue weighted by molar-refractivity contribution is 0.102. The molecule has 0 aliphatic heterocycles. The molecule has 142 valence electrons. The van der Waals surface area contributed by atoms with E-state index in [4.69, 9.17) is 0 Å². The summed E-state index contributed by atoms with van der Waals surface area (Å²) in [5.74, 6) is 0.684. The predicted octanol–water partition coefficient (Wildman–Crippen LogP) is 2.87. The van der Waals surface area contributed by atoms with Gasteiger partial charge in [0.1, 0.15) is 5.82 Å². The number of anilines is 1. The van der Waals surface area contributed by atoms with Gasteiger partial charge in [0.2, 0.25) is 10.0 Å². The van der Waals surface area contributed by atoms with Gasteiger partial charge in [-0.1, -0.05) is 13.8 Å². The van der Waals surface area contributed by atoms with Gasteiger partial charge in [0.25, 0.3) is 5.91 Å². The maximum absolute atomic E-state index is 12.4. The summed E-state index contributed by atoms with van der Waals surface area (Å²) in [6.07, 6.45) is 1.63. The smallest absolute Gasteiger partial charge is 0.256 e. The van der Waals surface area contributed by atoms with E-state index in [1.165, 1.54) is 24.3 Å². The summed E-state index contributed by atoms with van der Waals surface area (Å²) >= 11 is 0. The van der Waals surface area contributed by atoms with Gasteiger partial charge in [0, 0.05) is 23.7 Å². The predicted molar refractivity (Wildman–Crippen MR) is 102 cm³/mol. The second-order valence-corrected chi connectivity index (χ2v) is 9.31. The molecule has 0 fully saturated rings. The van der Waals surface area contributed by atoms with Crippen LogP contribution >= 0.6 is 0 Å². The first kappa shape index (κ1) is 20.1. The first-order valence-electron chi connectivity index (χ1n) is 8.45. The third-order valence-electron chi connectivity index (χ3n) is 3.36. The number of carbonyl (C=O) groups excluding carboxylic acids is 1. The molecule has 2 rings (SSSR count). The standard InChI is InChI=1S/C18H26N4O3S/c1-13(2)12-22-16(10-11-19-22)20-17(23)14-6-8-15(9-7-14)26(24,25)21-18(3,4)5/h6-11,13,21H,12H2,1-5H3,(H,20,23). The molecule has 0 atom stereocenters. The van der Waals surface area contributed by atoms with Crippen LogP contribution in [0.4, 0.5) is 5.82 Å². The van der Waals surface area contributed by atoms with Crippen molar-refractivity contribution in [2.45, 2.75) is 51.6 Å². The maximum Gasteiger partial charge on any atom is 0.256 e. The van der Waals surface area contributed by atoms with E-state index >= 15 is 0 Å². The van der Waals surface area contributed by atoms with Gasteiger partial charge in [-0.2, -0.15) is 5.10 Å². The molecular formula is C18H26N4O3S. The molecule has 1 amide bonds. The Kier molecular flexibility index (Phi) is 5.87. The van der Waals surface area contributed by atoms with Crippen molar-refractivity contribution in [2.24, 2.45) is 5.92 Å². The largest absolute Gasteiger partial charge is 0.307 e. The van der Waals surface area contributed by atoms with Crippen LogP contribution in [0, 0.1) is 5.92 Å². The number of hydrogen-bond acceptors (Lipinski definition) is 4. The molecule has 0 unspecified atom stereocenters. The number of nitrogens with one attached hydrogen (secondary N) is 2. The molecule has 26 heavy (non-hydrogen) atoms. The molecule has 2 aromatic rings. The van der Waals surface area contributed by atoms with Crippen molar-refractivity contribution in [3.8, 4) is 0 Å². The van der Waals surface area contributed by atoms with Crippen LogP contribution in [0.1, 0.15) is 45.0 Å². The second-order valence-electron chi connectivity index (χ2n) is 7.63. The first-order chi connectivity index (χ1) is 12.0. The average molecular weight is 378 g/mol. The molecule has 1 aromatic carbocycles. The summed E-state index contributed by atoms with van der Waals surface area (Å²) in [6.45, 7) is 10.1. The van der Waals surface area contributed by atoms with Crippen molar-refractivity contribution in [1.29, 1.82) is 0 Å². The highest BCUT2D eigenvalue weighted by molar-refractivity contribution is 7.89. The number of amides is 1. The van der Waals surface area contributed by atoms with Crippen LogP contribution in [0.2, 0.25) is 0 Å². The van der Waals surface area contributed by atoms with Crippen molar-refractivity contribution in [2.75, 3.05) is 5.32 Å². The van der Waals surface area contributed by atoms with E-state index in [2.05, 4.69) is 29.0 Å². The van der Waals surface area contributed by atoms with Crippen LogP contribution in [0.25, 0.3) is 0 Å². The SMILES string of the molecule is CC(C)Cn1nccc1NC(=O)c1ccc(S(=O)(=O)NC(C)(C)C)cc1. The van der Waals surface area contributed by atoms with Gasteiger partial charge in [-0.3, -0.25) is 4.79 Å². The molecule has 0 saturated carbocycles. The van der Waals surface area contributed by atoms with E-state index in [-0.39, 0.29) is 10.8 Å². The van der Waals surface area contributed by atoms with Gasteiger partial charge < -0.3 is 5.32 Å². The van der Waals surface area contributed by atoms with Gasteiger partial charge in [-0.15, -0.1) is 0 Å². The summed E-state index contributed by atoms with van der Waals surface area (Å²) in [4.78, 5) is 12.5. The minimum absolute atomic E-state index is 0.119. The van der Waals surface area contributed by atoms with E-state index in [0.29, 0.717) is 23.8 Å². The monoisotopic (exact) mass is 378 g/mol. The lowest BCUT2D eigenvalue weighted by Crippen LogP contribution is -2.40. The Bertz CT molecular complexity index is 863. The zero-order chi connectivity index (χ0) is 19.5. The van der Waals surface area contributed by atoms with Gasteiger partial charge in [-0.05, 0) is 51.0 Å². The summed E-state index contributed by atoms with van der Waals surface area (Å²) in [7, 11) is -3.63. The Morgan fingerprint density at radius 1 is 1.15 bits per heavy atom. The highest BCUT2D eigenvalue weighted by Crippen LogP contribution is 2.16. The van der Waals surface area contributed by atoms with Crippen molar-refractivity contribution < 1.29 is 13.2 Å². The van der Waals surface area contributed by atoms with Crippen molar-refractivity contribution in [3.63, 3.8) is 0 Å². The van der Waals surface area contributed by atoms with Crippen molar-refractivity contribution >= 4 is 21.7 Å². The van der Waals surface area contributed by atoms with Crippen molar-refractivity contribution in [3.05, 3.63) is 42.1 Å². The fourth-order valence-electron chi connectivity index (χ4n) is 2.37. The highest BCUT2D eigenvalue weighted by Gasteiger charge is 2.22. The topological polar surface area (TPSA) is 93.1 Å². The summed E-state index contributed by atoms with van der Waals surface area (Å²) < 4.78 is 28.9. The fourth-order valence-corrected chi connectivity index (χ4v) is 3.78. The average Bonchev–Trinajstić information content (AvgIpc) is 2.91. The lowest BCUT2D eigenvalue weighted by Gasteiger charge is -2.20. The minimum atomic E-state index is -3.63. The minimum Gasteiger partial charge on any atom is -0.307 e. The molecule has 0 aliphatic rings. The van der Waals surface area contributed by atoms with Crippen LogP contribution in [0.3, 0.4) is 0 Å². The Balaban J connectivity index is 2.13. The molecule has 0 saturated heterocycles. The molecule has 8 heteroatoms. The van der Waals surface area contributed by atoms with Gasteiger partial charge >= 0.3 is 0 Å². The van der Waals surface area contributed by atoms with E-state index in [1.807, 2.05) is 0 Å². The zero-order valence-corrected chi connectivity index (χ0v) is 16.6. The number of rotatable bonds is 6. The van der Waals surface area contributed by atoms with E-state index in [1.54, 1.807) is 37.7 Å². The number of hydrogen-bond donors (Lipinski definition) is 2. The van der Waals surface area contributed by atoms with Gasteiger partial charge in [0.15, 0.2) is 0 Å². The number of aromatic nitrogens is 2. The highest BCUT2D eigenvalue weighted by atomic mass is 32.2. The Morgan fingerprint density at radius 3 is 2.31 bits per heavy atom. The number of nitrogens with zero attached hydrogens (tertiary/aromatic N) is 2. The third kappa shape index (κ3) is 5.40. The number of sulfonamides is 1. The number of benzene rings is 1. The Labute approximate surface area is 154 Å². The molecular weight excluding hydrogens is 352 g/mol. The third-order valence-corrected chi connectivity index (χ3v) is 5.14. The van der Waals surface area contributed by atoms with Crippen LogP contribution in [0.15, 0.2) is 41.4 Å². The van der Waals surface area contributed by atoms with Crippen LogP contribution in [-0.2, 0) is 16.6 Å². The lowest BCUT2D eigenvalue weighted by atomic mass is 10.1. The Morgan fingerprint density at radius 2 is 1.77 bits per heavy atom. The first-order valence-corrected chi connectivity index (χ1v) is 9.93. The van der Waals surface area contributed by atoms with E-state index < -0.39 is 15.6 Å². The van der Waals surface area contributed by atoms with E-state index in [0.717, 1.165) is 0 Å². The molecule has 2 N–H and O–H groups in total. The molecule has 0 radical (unpaired) electrons. The normalized spacial score (nSPS) is 12.4. The molecule has 0 bridgehead atoms. The van der Waals surface area contributed by atoms with Crippen molar-refractivity contribution in [1.82, 2.24) is 14.5 Å². The van der Waals surface area contributed by atoms with Gasteiger partial charge in [-0.25, -0.2) is 17.8 Å². The fraction of sp³-hybridized carbons (Fsp3) is 0.444. The second kappa shape index (κ2) is 7.59. The summed E-state index contributed by atoms with van der Waals surface area (Å²) in [5.41, 5.74) is -0.207. The molecule has 1 aromatic heterocycles. The quantitative estimate of drug-likeness (QED) is 0.808. The zero-order valence-electron chi connectivity index (χ0n) is 15.8. The summed E-state index contributed by atoms with van der Waals surface area (Å²) in [5, 5.41) is 7.00. The molecule has 0 spiro atoms. The van der Waals surface area contributed by atoms with Crippen LogP contribution in [-0.4, -0.2) is 29.6 Å². The maximum atomic E-state index is 12.4. The molecule has 1 heterocycles. The van der Waals surface area contributed by atoms with Crippen LogP contribution < -0.4 is 10.0 Å². The Hall–Kier alpha value is -2.19.